The highest BCUT2D eigenvalue weighted by atomic mass is 35.5. The largest absolute Gasteiger partial charge is 0.490 e. The summed E-state index contributed by atoms with van der Waals surface area (Å²) in [5.74, 6) is -0.293. The molecule has 7 heteroatoms. The van der Waals surface area contributed by atoms with E-state index in [9.17, 15) is 9.59 Å². The van der Waals surface area contributed by atoms with Crippen LogP contribution >= 0.6 is 11.6 Å². The van der Waals surface area contributed by atoms with Crippen LogP contribution in [0.5, 0.6) is 5.75 Å². The number of aromatic nitrogens is 1. The van der Waals surface area contributed by atoms with E-state index in [1.54, 1.807) is 36.4 Å². The summed E-state index contributed by atoms with van der Waals surface area (Å²) in [5.41, 5.74) is 1.67. The van der Waals surface area contributed by atoms with Crippen molar-refractivity contribution in [3.63, 3.8) is 0 Å². The summed E-state index contributed by atoms with van der Waals surface area (Å²) in [5, 5.41) is 3.20. The van der Waals surface area contributed by atoms with Gasteiger partial charge in [0.15, 0.2) is 11.3 Å². The molecule has 1 heterocycles. The maximum Gasteiger partial charge on any atom is 0.419 e. The number of anilines is 1. The number of amides is 1. The van der Waals surface area contributed by atoms with Crippen LogP contribution in [0.25, 0.3) is 11.1 Å². The molecular weight excluding hydrogens is 344 g/mol. The summed E-state index contributed by atoms with van der Waals surface area (Å²) in [6.07, 6.45) is 0.113. The van der Waals surface area contributed by atoms with Gasteiger partial charge in [0.25, 0.3) is 0 Å². The number of nitrogens with zero attached hydrogens (tertiary/aromatic N) is 1. The Bertz CT molecular complexity index is 961. The molecule has 6 nitrogen and oxygen atoms in total. The zero-order chi connectivity index (χ0) is 17.8. The second kappa shape index (κ2) is 7.44. The topological polar surface area (TPSA) is 73.5 Å². The number of carbonyl (C=O) groups excluding carboxylic acids is 1. The van der Waals surface area contributed by atoms with Crippen molar-refractivity contribution >= 4 is 34.3 Å². The zero-order valence-electron chi connectivity index (χ0n) is 13.6. The first kappa shape index (κ1) is 17.1. The lowest BCUT2D eigenvalue weighted by Gasteiger charge is -2.13. The number of hydrogen-bond acceptors (Lipinski definition) is 4. The van der Waals surface area contributed by atoms with Crippen LogP contribution in [0.4, 0.5) is 5.69 Å². The third kappa shape index (κ3) is 3.69. The van der Waals surface area contributed by atoms with Gasteiger partial charge in [-0.25, -0.2) is 4.79 Å². The molecule has 0 saturated carbocycles. The molecule has 0 saturated heterocycles. The number of para-hydroxylation sites is 3. The summed E-state index contributed by atoms with van der Waals surface area (Å²) in [4.78, 5) is 24.2. The number of nitrogens with one attached hydrogen (secondary N) is 1. The van der Waals surface area contributed by atoms with Crippen LogP contribution in [0.2, 0.25) is 5.02 Å². The zero-order valence-corrected chi connectivity index (χ0v) is 14.4. The highest BCUT2D eigenvalue weighted by molar-refractivity contribution is 6.32. The minimum absolute atomic E-state index is 0.113. The number of hydrogen-bond donors (Lipinski definition) is 1. The average molecular weight is 361 g/mol. The van der Waals surface area contributed by atoms with Crippen LogP contribution in [-0.4, -0.2) is 17.1 Å². The molecule has 0 spiro atoms. The molecule has 0 unspecified atom stereocenters. The van der Waals surface area contributed by atoms with Gasteiger partial charge in [0.2, 0.25) is 5.91 Å². The van der Waals surface area contributed by atoms with Gasteiger partial charge in [-0.05, 0) is 31.2 Å². The Morgan fingerprint density at radius 2 is 2.04 bits per heavy atom. The van der Waals surface area contributed by atoms with Crippen LogP contribution < -0.4 is 15.8 Å². The number of rotatable bonds is 6. The monoisotopic (exact) mass is 360 g/mol. The van der Waals surface area contributed by atoms with E-state index in [1.807, 2.05) is 13.0 Å². The third-order valence-corrected chi connectivity index (χ3v) is 3.96. The molecule has 130 valence electrons. The second-order valence-electron chi connectivity index (χ2n) is 5.34. The van der Waals surface area contributed by atoms with Crippen molar-refractivity contribution in [1.82, 2.24) is 4.57 Å². The van der Waals surface area contributed by atoms with E-state index in [1.165, 1.54) is 4.57 Å². The van der Waals surface area contributed by atoms with E-state index in [0.29, 0.717) is 34.2 Å². The van der Waals surface area contributed by atoms with E-state index in [0.717, 1.165) is 0 Å². The van der Waals surface area contributed by atoms with Gasteiger partial charge in [-0.2, -0.15) is 0 Å². The summed E-state index contributed by atoms with van der Waals surface area (Å²) in [7, 11) is 0. The molecule has 3 rings (SSSR count). The lowest BCUT2D eigenvalue weighted by molar-refractivity contribution is -0.116. The van der Waals surface area contributed by atoms with E-state index in [-0.39, 0.29) is 18.9 Å². The fourth-order valence-corrected chi connectivity index (χ4v) is 2.78. The Kier molecular flexibility index (Phi) is 5.09. The number of halogens is 1. The Balaban J connectivity index is 1.72. The number of ether oxygens (including phenoxy) is 1. The molecule has 1 amide bonds. The van der Waals surface area contributed by atoms with Gasteiger partial charge in [-0.15, -0.1) is 0 Å². The minimum atomic E-state index is -0.480. The Morgan fingerprint density at radius 1 is 1.24 bits per heavy atom. The van der Waals surface area contributed by atoms with E-state index >= 15 is 0 Å². The predicted molar refractivity (Wildman–Crippen MR) is 96.3 cm³/mol. The number of fused-ring (bicyclic) bond motifs is 1. The fourth-order valence-electron chi connectivity index (χ4n) is 2.55. The van der Waals surface area contributed by atoms with Crippen LogP contribution in [0.3, 0.4) is 0 Å². The molecule has 0 radical (unpaired) electrons. The Morgan fingerprint density at radius 3 is 2.84 bits per heavy atom. The number of oxazole rings is 1. The molecule has 0 atom stereocenters. The molecule has 3 aromatic rings. The smallest absolute Gasteiger partial charge is 0.419 e. The summed E-state index contributed by atoms with van der Waals surface area (Å²) in [6, 6.07) is 12.2. The molecule has 2 aromatic carbocycles. The van der Waals surface area contributed by atoms with E-state index in [2.05, 4.69) is 5.32 Å². The molecule has 1 N–H and O–H groups in total. The van der Waals surface area contributed by atoms with Gasteiger partial charge in [-0.3, -0.25) is 9.36 Å². The molecular formula is C18H17ClN2O4. The molecule has 25 heavy (non-hydrogen) atoms. The SMILES string of the molecule is CCOc1c(Cl)cccc1NC(=O)CCn1c(=O)oc2ccccc21. The van der Waals surface area contributed by atoms with Crippen molar-refractivity contribution in [2.45, 2.75) is 19.9 Å². The Labute approximate surface area is 149 Å². The van der Waals surface area contributed by atoms with E-state index < -0.39 is 5.76 Å². The first-order chi connectivity index (χ1) is 12.1. The quantitative estimate of drug-likeness (QED) is 0.727. The molecule has 0 aliphatic heterocycles. The number of benzene rings is 2. The van der Waals surface area contributed by atoms with E-state index in [4.69, 9.17) is 20.8 Å². The average Bonchev–Trinajstić information content (AvgIpc) is 2.91. The molecule has 0 aliphatic rings. The number of aryl methyl sites for hydroxylation is 1. The third-order valence-electron chi connectivity index (χ3n) is 3.67. The Hall–Kier alpha value is -2.73. The van der Waals surface area contributed by atoms with Gasteiger partial charge in [0.05, 0.1) is 22.8 Å². The standard InChI is InChI=1S/C18H17ClN2O4/c1-2-24-17-12(19)6-5-7-13(17)20-16(22)10-11-21-14-8-3-4-9-15(14)25-18(21)23/h3-9H,2,10-11H2,1H3,(H,20,22). The summed E-state index contributed by atoms with van der Waals surface area (Å²) >= 11 is 6.10. The van der Waals surface area contributed by atoms with Crippen molar-refractivity contribution < 1.29 is 13.9 Å². The normalized spacial score (nSPS) is 10.8. The van der Waals surface area contributed by atoms with Gasteiger partial charge >= 0.3 is 5.76 Å². The minimum Gasteiger partial charge on any atom is -0.490 e. The van der Waals surface area contributed by atoms with Crippen LogP contribution in [0, 0.1) is 0 Å². The highest BCUT2D eigenvalue weighted by Gasteiger charge is 2.13. The maximum atomic E-state index is 12.3. The summed E-state index contributed by atoms with van der Waals surface area (Å²) < 4.78 is 12.1. The van der Waals surface area contributed by atoms with Crippen molar-refractivity contribution in [1.29, 1.82) is 0 Å². The van der Waals surface area contributed by atoms with Crippen LogP contribution in [0.1, 0.15) is 13.3 Å². The molecule has 0 bridgehead atoms. The van der Waals surface area contributed by atoms with Gasteiger partial charge in [0.1, 0.15) is 0 Å². The fraction of sp³-hybridized carbons (Fsp3) is 0.222. The van der Waals surface area contributed by atoms with Crippen molar-refractivity contribution in [3.8, 4) is 5.75 Å². The highest BCUT2D eigenvalue weighted by Crippen LogP contribution is 2.32. The van der Waals surface area contributed by atoms with Crippen molar-refractivity contribution in [3.05, 3.63) is 58.0 Å². The van der Waals surface area contributed by atoms with Gasteiger partial charge in [-0.1, -0.05) is 29.8 Å². The maximum absolute atomic E-state index is 12.3. The predicted octanol–water partition coefficient (Wildman–Crippen LogP) is 3.68. The van der Waals surface area contributed by atoms with Gasteiger partial charge < -0.3 is 14.5 Å². The first-order valence-electron chi connectivity index (χ1n) is 7.89. The number of carbonyl (C=O) groups is 1. The lowest BCUT2D eigenvalue weighted by Crippen LogP contribution is -2.20. The van der Waals surface area contributed by atoms with Gasteiger partial charge in [0, 0.05) is 13.0 Å². The molecule has 0 fully saturated rings. The lowest BCUT2D eigenvalue weighted by atomic mass is 10.2. The van der Waals surface area contributed by atoms with Crippen LogP contribution in [0.15, 0.2) is 51.7 Å². The van der Waals surface area contributed by atoms with Crippen molar-refractivity contribution in [2.24, 2.45) is 0 Å². The van der Waals surface area contributed by atoms with Crippen molar-refractivity contribution in [2.75, 3.05) is 11.9 Å². The first-order valence-corrected chi connectivity index (χ1v) is 8.27. The molecule has 1 aromatic heterocycles. The molecule has 0 aliphatic carbocycles. The second-order valence-corrected chi connectivity index (χ2v) is 5.74. The van der Waals surface area contributed by atoms with Crippen LogP contribution in [-0.2, 0) is 11.3 Å². The summed E-state index contributed by atoms with van der Waals surface area (Å²) in [6.45, 7) is 2.49.